The normalized spacial score (nSPS) is 22.9. The Morgan fingerprint density at radius 2 is 2.20 bits per heavy atom. The molecule has 0 bridgehead atoms. The van der Waals surface area contributed by atoms with Gasteiger partial charge in [-0.05, 0) is 31.0 Å². The van der Waals surface area contributed by atoms with Crippen LogP contribution in [0.4, 0.5) is 5.69 Å². The molecule has 0 radical (unpaired) electrons. The Balaban J connectivity index is 2.55. The summed E-state index contributed by atoms with van der Waals surface area (Å²) < 4.78 is 23.9. The molecular formula is C11H15NO2S. The lowest BCUT2D eigenvalue weighted by Gasteiger charge is -2.26. The van der Waals surface area contributed by atoms with E-state index in [-0.39, 0.29) is 11.8 Å². The summed E-state index contributed by atoms with van der Waals surface area (Å²) in [5.74, 6) is 0.208. The van der Waals surface area contributed by atoms with Gasteiger partial charge in [-0.1, -0.05) is 13.0 Å². The zero-order valence-electron chi connectivity index (χ0n) is 8.95. The van der Waals surface area contributed by atoms with Crippen LogP contribution in [-0.2, 0) is 9.84 Å². The summed E-state index contributed by atoms with van der Waals surface area (Å²) in [5.41, 5.74) is 1.73. The van der Waals surface area contributed by atoms with Crippen LogP contribution in [0.2, 0.25) is 0 Å². The molecule has 0 fully saturated rings. The Morgan fingerprint density at radius 1 is 1.47 bits per heavy atom. The lowest BCUT2D eigenvalue weighted by atomic mass is 10.2. The number of rotatable bonds is 1. The highest BCUT2D eigenvalue weighted by atomic mass is 32.2. The van der Waals surface area contributed by atoms with E-state index >= 15 is 0 Å². The Bertz CT molecular complexity index is 479. The van der Waals surface area contributed by atoms with Gasteiger partial charge in [0.05, 0.1) is 16.3 Å². The third-order valence-electron chi connectivity index (χ3n) is 2.75. The van der Waals surface area contributed by atoms with Gasteiger partial charge >= 0.3 is 0 Å². The molecule has 0 saturated carbocycles. The average molecular weight is 225 g/mol. The minimum atomic E-state index is -3.09. The van der Waals surface area contributed by atoms with Gasteiger partial charge in [0, 0.05) is 6.04 Å². The second-order valence-electron chi connectivity index (χ2n) is 4.03. The Hall–Kier alpha value is -1.03. The highest BCUT2D eigenvalue weighted by molar-refractivity contribution is 7.91. The standard InChI is InChI=1S/C11H15NO2S/c1-3-9-7-15(13,14)11-6-8(2)4-5-10(11)12-9/h4-6,9,12H,3,7H2,1-2H3. The van der Waals surface area contributed by atoms with Gasteiger partial charge in [0.25, 0.3) is 0 Å². The largest absolute Gasteiger partial charge is 0.380 e. The highest BCUT2D eigenvalue weighted by Crippen LogP contribution is 2.29. The van der Waals surface area contributed by atoms with Crippen LogP contribution in [0.25, 0.3) is 0 Å². The lowest BCUT2D eigenvalue weighted by Crippen LogP contribution is -2.33. The molecule has 1 atom stereocenters. The summed E-state index contributed by atoms with van der Waals surface area (Å²) in [6.07, 6.45) is 0.826. The summed E-state index contributed by atoms with van der Waals surface area (Å²) in [4.78, 5) is 0.451. The first-order valence-corrected chi connectivity index (χ1v) is 6.78. The molecule has 1 aromatic rings. The Labute approximate surface area is 90.4 Å². The van der Waals surface area contributed by atoms with E-state index in [2.05, 4.69) is 5.32 Å². The number of nitrogens with one attached hydrogen (secondary N) is 1. The van der Waals surface area contributed by atoms with Crippen LogP contribution in [0.15, 0.2) is 23.1 Å². The van der Waals surface area contributed by atoms with Crippen LogP contribution in [-0.4, -0.2) is 20.2 Å². The molecule has 1 aliphatic rings. The molecule has 3 nitrogen and oxygen atoms in total. The highest BCUT2D eigenvalue weighted by Gasteiger charge is 2.28. The van der Waals surface area contributed by atoms with Crippen molar-refractivity contribution >= 4 is 15.5 Å². The summed E-state index contributed by atoms with van der Waals surface area (Å²) in [6.45, 7) is 3.90. The van der Waals surface area contributed by atoms with Crippen LogP contribution >= 0.6 is 0 Å². The van der Waals surface area contributed by atoms with Crippen LogP contribution < -0.4 is 5.32 Å². The molecule has 1 N–H and O–H groups in total. The number of hydrogen-bond donors (Lipinski definition) is 1. The molecule has 0 saturated heterocycles. The molecule has 2 rings (SSSR count). The van der Waals surface area contributed by atoms with Gasteiger partial charge in [-0.25, -0.2) is 8.42 Å². The van der Waals surface area contributed by atoms with E-state index in [0.717, 1.165) is 17.7 Å². The molecule has 15 heavy (non-hydrogen) atoms. The van der Waals surface area contributed by atoms with Crippen molar-refractivity contribution in [3.63, 3.8) is 0 Å². The van der Waals surface area contributed by atoms with Crippen molar-refractivity contribution in [1.29, 1.82) is 0 Å². The monoisotopic (exact) mass is 225 g/mol. The fraction of sp³-hybridized carbons (Fsp3) is 0.455. The van der Waals surface area contributed by atoms with Gasteiger partial charge in [0.1, 0.15) is 0 Å². The average Bonchev–Trinajstić information content (AvgIpc) is 2.18. The molecule has 0 aliphatic carbocycles. The number of hydrogen-bond acceptors (Lipinski definition) is 3. The van der Waals surface area contributed by atoms with Gasteiger partial charge in [0.2, 0.25) is 0 Å². The predicted molar refractivity (Wildman–Crippen MR) is 60.9 cm³/mol. The number of benzene rings is 1. The van der Waals surface area contributed by atoms with Gasteiger partial charge < -0.3 is 5.32 Å². The molecule has 0 spiro atoms. The molecule has 1 heterocycles. The van der Waals surface area contributed by atoms with Gasteiger partial charge in [-0.15, -0.1) is 0 Å². The van der Waals surface area contributed by atoms with E-state index in [1.54, 1.807) is 6.07 Å². The van der Waals surface area contributed by atoms with Crippen molar-refractivity contribution in [2.75, 3.05) is 11.1 Å². The van der Waals surface area contributed by atoms with Crippen LogP contribution in [0.1, 0.15) is 18.9 Å². The Morgan fingerprint density at radius 3 is 2.87 bits per heavy atom. The topological polar surface area (TPSA) is 46.2 Å². The minimum absolute atomic E-state index is 0.0465. The van der Waals surface area contributed by atoms with Crippen LogP contribution in [0.3, 0.4) is 0 Å². The fourth-order valence-electron chi connectivity index (χ4n) is 1.84. The maximum Gasteiger partial charge on any atom is 0.182 e. The van der Waals surface area contributed by atoms with Crippen molar-refractivity contribution in [2.45, 2.75) is 31.2 Å². The summed E-state index contributed by atoms with van der Waals surface area (Å²) >= 11 is 0. The summed E-state index contributed by atoms with van der Waals surface area (Å²) in [6, 6.07) is 5.57. The van der Waals surface area contributed by atoms with E-state index in [1.165, 1.54) is 0 Å². The van der Waals surface area contributed by atoms with Gasteiger partial charge in [-0.2, -0.15) is 0 Å². The van der Waals surface area contributed by atoms with Crippen molar-refractivity contribution in [3.8, 4) is 0 Å². The second kappa shape index (κ2) is 3.52. The summed E-state index contributed by atoms with van der Waals surface area (Å²) in [5, 5.41) is 3.25. The summed E-state index contributed by atoms with van der Waals surface area (Å²) in [7, 11) is -3.09. The van der Waals surface area contributed by atoms with Crippen molar-refractivity contribution in [1.82, 2.24) is 0 Å². The van der Waals surface area contributed by atoms with E-state index in [9.17, 15) is 8.42 Å². The third kappa shape index (κ3) is 1.86. The number of sulfone groups is 1. The van der Waals surface area contributed by atoms with E-state index < -0.39 is 9.84 Å². The molecular weight excluding hydrogens is 210 g/mol. The Kier molecular flexibility index (Phi) is 2.46. The van der Waals surface area contributed by atoms with E-state index in [4.69, 9.17) is 0 Å². The smallest absolute Gasteiger partial charge is 0.182 e. The molecule has 82 valence electrons. The zero-order chi connectivity index (χ0) is 11.1. The minimum Gasteiger partial charge on any atom is -0.380 e. The number of aryl methyl sites for hydroxylation is 1. The number of fused-ring (bicyclic) bond motifs is 1. The van der Waals surface area contributed by atoms with Crippen molar-refractivity contribution < 1.29 is 8.42 Å². The van der Waals surface area contributed by atoms with Crippen LogP contribution in [0, 0.1) is 6.92 Å². The predicted octanol–water partition coefficient (Wildman–Crippen LogP) is 1.97. The quantitative estimate of drug-likeness (QED) is 0.795. The second-order valence-corrected chi connectivity index (χ2v) is 6.03. The first kappa shape index (κ1) is 10.5. The molecule has 1 aromatic carbocycles. The maximum absolute atomic E-state index is 12.0. The molecule has 0 amide bonds. The fourth-order valence-corrected chi connectivity index (χ4v) is 3.70. The first-order valence-electron chi connectivity index (χ1n) is 5.13. The van der Waals surface area contributed by atoms with Gasteiger partial charge in [-0.3, -0.25) is 0 Å². The van der Waals surface area contributed by atoms with E-state index in [1.807, 2.05) is 26.0 Å². The molecule has 4 heteroatoms. The van der Waals surface area contributed by atoms with Crippen LogP contribution in [0.5, 0.6) is 0 Å². The molecule has 1 unspecified atom stereocenters. The van der Waals surface area contributed by atoms with Gasteiger partial charge in [0.15, 0.2) is 9.84 Å². The SMILES string of the molecule is CCC1CS(=O)(=O)c2cc(C)ccc2N1. The number of anilines is 1. The van der Waals surface area contributed by atoms with E-state index in [0.29, 0.717) is 4.90 Å². The third-order valence-corrected chi connectivity index (χ3v) is 4.59. The van der Waals surface area contributed by atoms with Crippen molar-refractivity contribution in [3.05, 3.63) is 23.8 Å². The molecule has 0 aromatic heterocycles. The maximum atomic E-state index is 12.0. The zero-order valence-corrected chi connectivity index (χ0v) is 9.76. The lowest BCUT2D eigenvalue weighted by molar-refractivity contribution is 0.583. The molecule has 1 aliphatic heterocycles. The van der Waals surface area contributed by atoms with Crippen molar-refractivity contribution in [2.24, 2.45) is 0 Å². The first-order chi connectivity index (χ1) is 7.03.